The lowest BCUT2D eigenvalue weighted by Crippen LogP contribution is -2.36. The maximum atomic E-state index is 5.15. The molecule has 0 aromatic heterocycles. The molecule has 1 N–H and O–H groups in total. The van der Waals surface area contributed by atoms with Crippen LogP contribution in [0.15, 0.2) is 29.2 Å². The molecule has 1 heterocycles. The molecule has 3 heteroatoms. The second-order valence-electron chi connectivity index (χ2n) is 6.85. The Hall–Kier alpha value is -0.510. The summed E-state index contributed by atoms with van der Waals surface area (Å²) in [6.07, 6.45) is 4.16. The van der Waals surface area contributed by atoms with E-state index in [0.717, 1.165) is 31.5 Å². The van der Waals surface area contributed by atoms with Crippen LogP contribution in [-0.4, -0.2) is 32.6 Å². The fourth-order valence-electron chi connectivity index (χ4n) is 3.67. The number of hydrogen-bond acceptors (Lipinski definition) is 3. The maximum absolute atomic E-state index is 5.15. The Balaban J connectivity index is 1.63. The molecule has 2 atom stereocenters. The van der Waals surface area contributed by atoms with Crippen molar-refractivity contribution in [2.45, 2.75) is 37.0 Å². The number of rotatable bonds is 8. The minimum Gasteiger partial charge on any atom is -0.383 e. The third-order valence-corrected chi connectivity index (χ3v) is 6.34. The number of methoxy groups -OCH3 is 1. The van der Waals surface area contributed by atoms with E-state index in [1.165, 1.54) is 29.9 Å². The SMILES string of the molecule is COCCNCC(C)(CC1CSc2ccccc21)C1CC1. The van der Waals surface area contributed by atoms with Gasteiger partial charge in [0.15, 0.2) is 0 Å². The number of nitrogens with one attached hydrogen (secondary N) is 1. The largest absolute Gasteiger partial charge is 0.383 e. The molecule has 0 radical (unpaired) electrons. The van der Waals surface area contributed by atoms with Crippen molar-refractivity contribution in [2.24, 2.45) is 11.3 Å². The van der Waals surface area contributed by atoms with Gasteiger partial charge >= 0.3 is 0 Å². The van der Waals surface area contributed by atoms with E-state index in [2.05, 4.69) is 36.5 Å². The zero-order valence-corrected chi connectivity index (χ0v) is 14.0. The van der Waals surface area contributed by atoms with Gasteiger partial charge in [0.2, 0.25) is 0 Å². The van der Waals surface area contributed by atoms with E-state index in [1.807, 2.05) is 11.8 Å². The molecule has 1 fully saturated rings. The molecule has 2 nitrogen and oxygen atoms in total. The van der Waals surface area contributed by atoms with Gasteiger partial charge in [-0.3, -0.25) is 0 Å². The number of ether oxygens (including phenoxy) is 1. The molecule has 2 unspecified atom stereocenters. The van der Waals surface area contributed by atoms with Crippen LogP contribution in [-0.2, 0) is 4.74 Å². The average molecular weight is 305 g/mol. The van der Waals surface area contributed by atoms with Gasteiger partial charge in [0, 0.05) is 30.8 Å². The van der Waals surface area contributed by atoms with Crippen LogP contribution in [0.4, 0.5) is 0 Å². The second-order valence-corrected chi connectivity index (χ2v) is 7.91. The molecule has 0 amide bonds. The normalized spacial score (nSPS) is 23.8. The average Bonchev–Trinajstić information content (AvgIpc) is 3.28. The molecule has 21 heavy (non-hydrogen) atoms. The summed E-state index contributed by atoms with van der Waals surface area (Å²) in [5.41, 5.74) is 2.03. The van der Waals surface area contributed by atoms with Crippen molar-refractivity contribution in [1.82, 2.24) is 5.32 Å². The van der Waals surface area contributed by atoms with E-state index in [1.54, 1.807) is 12.7 Å². The number of benzene rings is 1. The number of hydrogen-bond donors (Lipinski definition) is 1. The lowest BCUT2D eigenvalue weighted by atomic mass is 9.75. The third kappa shape index (κ3) is 3.64. The molecule has 0 spiro atoms. The fraction of sp³-hybridized carbons (Fsp3) is 0.667. The van der Waals surface area contributed by atoms with E-state index in [4.69, 9.17) is 4.74 Å². The monoisotopic (exact) mass is 305 g/mol. The van der Waals surface area contributed by atoms with Gasteiger partial charge in [-0.15, -0.1) is 11.8 Å². The Morgan fingerprint density at radius 2 is 2.14 bits per heavy atom. The predicted molar refractivity (Wildman–Crippen MR) is 90.1 cm³/mol. The van der Waals surface area contributed by atoms with Gasteiger partial charge in [0.05, 0.1) is 6.61 Å². The van der Waals surface area contributed by atoms with Crippen LogP contribution in [0.3, 0.4) is 0 Å². The predicted octanol–water partition coefficient (Wildman–Crippen LogP) is 3.92. The Morgan fingerprint density at radius 1 is 1.33 bits per heavy atom. The van der Waals surface area contributed by atoms with Gasteiger partial charge in [-0.1, -0.05) is 25.1 Å². The van der Waals surface area contributed by atoms with Crippen LogP contribution >= 0.6 is 11.8 Å². The van der Waals surface area contributed by atoms with Crippen molar-refractivity contribution in [3.05, 3.63) is 29.8 Å². The highest BCUT2D eigenvalue weighted by Crippen LogP contribution is 2.52. The molecule has 1 aliphatic heterocycles. The molecular weight excluding hydrogens is 278 g/mol. The first kappa shape index (κ1) is 15.4. The Kier molecular flexibility index (Phi) is 4.92. The van der Waals surface area contributed by atoms with Gasteiger partial charge < -0.3 is 10.1 Å². The van der Waals surface area contributed by atoms with Crippen LogP contribution < -0.4 is 5.32 Å². The summed E-state index contributed by atoms with van der Waals surface area (Å²) >= 11 is 2.04. The zero-order chi connectivity index (χ0) is 14.7. The van der Waals surface area contributed by atoms with Crippen LogP contribution in [0.2, 0.25) is 0 Å². The summed E-state index contributed by atoms with van der Waals surface area (Å²) in [6, 6.07) is 8.99. The molecule has 1 aromatic carbocycles. The maximum Gasteiger partial charge on any atom is 0.0587 e. The second kappa shape index (κ2) is 6.72. The minimum absolute atomic E-state index is 0.441. The van der Waals surface area contributed by atoms with Gasteiger partial charge in [-0.05, 0) is 48.1 Å². The summed E-state index contributed by atoms with van der Waals surface area (Å²) in [4.78, 5) is 1.51. The molecular formula is C18H27NOS. The Labute approximate surface area is 133 Å². The highest BCUT2D eigenvalue weighted by atomic mass is 32.2. The highest BCUT2D eigenvalue weighted by molar-refractivity contribution is 7.99. The highest BCUT2D eigenvalue weighted by Gasteiger charge is 2.43. The molecule has 116 valence electrons. The minimum atomic E-state index is 0.441. The molecule has 0 saturated heterocycles. The van der Waals surface area contributed by atoms with Crippen LogP contribution in [0.1, 0.15) is 37.7 Å². The summed E-state index contributed by atoms with van der Waals surface area (Å²) in [6.45, 7) is 5.40. The Morgan fingerprint density at radius 3 is 2.90 bits per heavy atom. The van der Waals surface area contributed by atoms with Crippen molar-refractivity contribution in [3.8, 4) is 0 Å². The van der Waals surface area contributed by atoms with E-state index < -0.39 is 0 Å². The molecule has 1 aliphatic carbocycles. The van der Waals surface area contributed by atoms with E-state index >= 15 is 0 Å². The lowest BCUT2D eigenvalue weighted by molar-refractivity contribution is 0.180. The smallest absolute Gasteiger partial charge is 0.0587 e. The molecule has 1 saturated carbocycles. The van der Waals surface area contributed by atoms with Gasteiger partial charge in [0.25, 0.3) is 0 Å². The summed E-state index contributed by atoms with van der Waals surface area (Å²) in [5, 5.41) is 3.61. The first-order valence-corrected chi connectivity index (χ1v) is 9.13. The van der Waals surface area contributed by atoms with E-state index in [9.17, 15) is 0 Å². The van der Waals surface area contributed by atoms with Crippen LogP contribution in [0, 0.1) is 11.3 Å². The summed E-state index contributed by atoms with van der Waals surface area (Å²) in [7, 11) is 1.77. The molecule has 0 bridgehead atoms. The summed E-state index contributed by atoms with van der Waals surface area (Å²) < 4.78 is 5.15. The van der Waals surface area contributed by atoms with Crippen molar-refractivity contribution in [3.63, 3.8) is 0 Å². The van der Waals surface area contributed by atoms with Crippen LogP contribution in [0.5, 0.6) is 0 Å². The van der Waals surface area contributed by atoms with Crippen molar-refractivity contribution in [1.29, 1.82) is 0 Å². The van der Waals surface area contributed by atoms with E-state index in [-0.39, 0.29) is 0 Å². The molecule has 3 rings (SSSR count). The lowest BCUT2D eigenvalue weighted by Gasteiger charge is -2.33. The molecule has 1 aromatic rings. The Bertz CT molecular complexity index is 474. The van der Waals surface area contributed by atoms with Gasteiger partial charge in [0.1, 0.15) is 0 Å². The quantitative estimate of drug-likeness (QED) is 0.736. The van der Waals surface area contributed by atoms with Gasteiger partial charge in [-0.25, -0.2) is 0 Å². The van der Waals surface area contributed by atoms with Crippen molar-refractivity contribution < 1.29 is 4.74 Å². The number of fused-ring (bicyclic) bond motifs is 1. The zero-order valence-electron chi connectivity index (χ0n) is 13.2. The topological polar surface area (TPSA) is 21.3 Å². The standard InChI is InChI=1S/C18H27NOS/c1-18(15-7-8-15,13-19-9-10-20-2)11-14-12-21-17-6-4-3-5-16(14)17/h3-6,14-15,19H,7-13H2,1-2H3. The first-order valence-electron chi connectivity index (χ1n) is 8.14. The van der Waals surface area contributed by atoms with Crippen LogP contribution in [0.25, 0.3) is 0 Å². The summed E-state index contributed by atoms with van der Waals surface area (Å²) in [5.74, 6) is 2.92. The van der Waals surface area contributed by atoms with Crippen molar-refractivity contribution in [2.75, 3.05) is 32.6 Å². The fourth-order valence-corrected chi connectivity index (χ4v) is 4.93. The third-order valence-electron chi connectivity index (χ3n) is 5.09. The van der Waals surface area contributed by atoms with Gasteiger partial charge in [-0.2, -0.15) is 0 Å². The van der Waals surface area contributed by atoms with Crippen molar-refractivity contribution >= 4 is 11.8 Å². The molecule has 2 aliphatic rings. The first-order chi connectivity index (χ1) is 10.2. The van der Waals surface area contributed by atoms with E-state index in [0.29, 0.717) is 5.41 Å². The number of thioether (sulfide) groups is 1.